The average molecular weight is 312 g/mol. The number of hydrogen-bond acceptors (Lipinski definition) is 3. The third kappa shape index (κ3) is 4.63. The zero-order valence-electron chi connectivity index (χ0n) is 13.3. The van der Waals surface area contributed by atoms with Gasteiger partial charge in [0, 0.05) is 31.8 Å². The van der Waals surface area contributed by atoms with Crippen molar-refractivity contribution in [1.29, 1.82) is 0 Å². The molecule has 0 radical (unpaired) electrons. The summed E-state index contributed by atoms with van der Waals surface area (Å²) in [7, 11) is 0. The molecule has 4 nitrogen and oxygen atoms in total. The number of likely N-dealkylation sites (tertiary alicyclic amines) is 1. The van der Waals surface area contributed by atoms with Crippen LogP contribution in [0.1, 0.15) is 46.0 Å². The molecule has 2 heterocycles. The van der Waals surface area contributed by atoms with Crippen molar-refractivity contribution in [2.45, 2.75) is 52.0 Å². The van der Waals surface area contributed by atoms with E-state index >= 15 is 0 Å². The first-order valence-corrected chi connectivity index (χ1v) is 9.41. The van der Waals surface area contributed by atoms with Crippen molar-refractivity contribution >= 4 is 23.6 Å². The lowest BCUT2D eigenvalue weighted by Crippen LogP contribution is -2.53. The lowest BCUT2D eigenvalue weighted by atomic mass is 9.98. The van der Waals surface area contributed by atoms with Crippen molar-refractivity contribution in [3.05, 3.63) is 0 Å². The van der Waals surface area contributed by atoms with Crippen molar-refractivity contribution in [3.8, 4) is 0 Å². The summed E-state index contributed by atoms with van der Waals surface area (Å²) >= 11 is 1.92. The molecule has 1 atom stereocenters. The third-order valence-electron chi connectivity index (χ3n) is 4.25. The summed E-state index contributed by atoms with van der Waals surface area (Å²) in [5, 5.41) is 0. The van der Waals surface area contributed by atoms with Crippen LogP contribution in [0.2, 0.25) is 0 Å². The maximum Gasteiger partial charge on any atom is 0.245 e. The summed E-state index contributed by atoms with van der Waals surface area (Å²) in [6.45, 7) is 6.70. The zero-order valence-corrected chi connectivity index (χ0v) is 14.2. The second-order valence-corrected chi connectivity index (χ2v) is 7.71. The molecule has 2 saturated heterocycles. The van der Waals surface area contributed by atoms with Crippen LogP contribution in [0, 0.1) is 5.92 Å². The van der Waals surface area contributed by atoms with Gasteiger partial charge in [-0.2, -0.15) is 11.8 Å². The van der Waals surface area contributed by atoms with Gasteiger partial charge in [0.1, 0.15) is 6.04 Å². The molecule has 0 N–H and O–H groups in total. The molecule has 0 aromatic heterocycles. The molecule has 0 aromatic carbocycles. The van der Waals surface area contributed by atoms with E-state index in [0.717, 1.165) is 56.8 Å². The molecule has 2 amide bonds. The highest BCUT2D eigenvalue weighted by Gasteiger charge is 2.34. The van der Waals surface area contributed by atoms with Crippen LogP contribution in [-0.4, -0.2) is 58.8 Å². The van der Waals surface area contributed by atoms with Crippen LogP contribution in [0.4, 0.5) is 0 Å². The van der Waals surface area contributed by atoms with Gasteiger partial charge < -0.3 is 9.80 Å². The molecule has 2 fully saturated rings. The van der Waals surface area contributed by atoms with Gasteiger partial charge in [-0.05, 0) is 37.4 Å². The summed E-state index contributed by atoms with van der Waals surface area (Å²) in [6.07, 6.45) is 4.46. The molecular weight excluding hydrogens is 284 g/mol. The monoisotopic (exact) mass is 312 g/mol. The van der Waals surface area contributed by atoms with Gasteiger partial charge in [0.05, 0.1) is 0 Å². The van der Waals surface area contributed by atoms with Gasteiger partial charge in [0.25, 0.3) is 0 Å². The number of carbonyl (C=O) groups excluding carboxylic acids is 2. The Morgan fingerprint density at radius 3 is 2.67 bits per heavy atom. The van der Waals surface area contributed by atoms with Crippen LogP contribution < -0.4 is 0 Å². The summed E-state index contributed by atoms with van der Waals surface area (Å²) in [6, 6.07) is -0.235. The number of rotatable bonds is 4. The van der Waals surface area contributed by atoms with Gasteiger partial charge in [0.15, 0.2) is 0 Å². The van der Waals surface area contributed by atoms with Crippen LogP contribution in [0.15, 0.2) is 0 Å². The highest BCUT2D eigenvalue weighted by molar-refractivity contribution is 7.99. The Bertz CT molecular complexity index is 365. The Morgan fingerprint density at radius 2 is 1.95 bits per heavy atom. The van der Waals surface area contributed by atoms with E-state index in [1.54, 1.807) is 0 Å². The number of thioether (sulfide) groups is 1. The Kier molecular flexibility index (Phi) is 6.40. The summed E-state index contributed by atoms with van der Waals surface area (Å²) in [4.78, 5) is 29.0. The number of piperidine rings is 1. The summed E-state index contributed by atoms with van der Waals surface area (Å²) in [5.41, 5.74) is 0. The minimum Gasteiger partial charge on any atom is -0.340 e. The largest absolute Gasteiger partial charge is 0.340 e. The van der Waals surface area contributed by atoms with Gasteiger partial charge in [0.2, 0.25) is 11.8 Å². The normalized spacial score (nSPS) is 22.3. The fourth-order valence-electron chi connectivity index (χ4n) is 3.14. The molecule has 0 spiro atoms. The quantitative estimate of drug-likeness (QED) is 0.800. The summed E-state index contributed by atoms with van der Waals surface area (Å²) < 4.78 is 0. The molecule has 0 aromatic rings. The van der Waals surface area contributed by atoms with Crippen LogP contribution in [0.5, 0.6) is 0 Å². The fourth-order valence-corrected chi connectivity index (χ4v) is 4.03. The molecule has 2 aliphatic rings. The smallest absolute Gasteiger partial charge is 0.245 e. The maximum atomic E-state index is 13.0. The Hall–Kier alpha value is -0.710. The predicted molar refractivity (Wildman–Crippen MR) is 87.3 cm³/mol. The van der Waals surface area contributed by atoms with E-state index in [1.165, 1.54) is 0 Å². The average Bonchev–Trinajstić information content (AvgIpc) is 2.74. The third-order valence-corrected chi connectivity index (χ3v) is 5.30. The van der Waals surface area contributed by atoms with Crippen LogP contribution in [0.25, 0.3) is 0 Å². The molecule has 21 heavy (non-hydrogen) atoms. The second kappa shape index (κ2) is 8.06. The molecule has 120 valence electrons. The van der Waals surface area contributed by atoms with Gasteiger partial charge in [-0.1, -0.05) is 13.8 Å². The highest BCUT2D eigenvalue weighted by Crippen LogP contribution is 2.22. The minimum absolute atomic E-state index is 0.171. The van der Waals surface area contributed by atoms with Crippen LogP contribution in [-0.2, 0) is 9.59 Å². The standard InChI is InChI=1S/C16H28N2O2S/c1-13(2)12-14(18-8-4-3-6-15(18)19)16(20)17-7-5-10-21-11-9-17/h13-14H,3-12H2,1-2H3/t14-/m0/s1. The van der Waals surface area contributed by atoms with E-state index in [4.69, 9.17) is 0 Å². The molecule has 0 saturated carbocycles. The van der Waals surface area contributed by atoms with Crippen LogP contribution >= 0.6 is 11.8 Å². The van der Waals surface area contributed by atoms with E-state index in [2.05, 4.69) is 13.8 Å². The van der Waals surface area contributed by atoms with Gasteiger partial charge in [-0.3, -0.25) is 9.59 Å². The fraction of sp³-hybridized carbons (Fsp3) is 0.875. The number of hydrogen-bond donors (Lipinski definition) is 0. The molecule has 5 heteroatoms. The van der Waals surface area contributed by atoms with Crippen molar-refractivity contribution in [2.24, 2.45) is 5.92 Å². The summed E-state index contributed by atoms with van der Waals surface area (Å²) in [5.74, 6) is 2.94. The highest BCUT2D eigenvalue weighted by atomic mass is 32.2. The van der Waals surface area contributed by atoms with Crippen molar-refractivity contribution in [2.75, 3.05) is 31.1 Å². The first kappa shape index (κ1) is 16.7. The van der Waals surface area contributed by atoms with E-state index in [0.29, 0.717) is 12.3 Å². The van der Waals surface area contributed by atoms with E-state index < -0.39 is 0 Å². The number of amides is 2. The maximum absolute atomic E-state index is 13.0. The molecular formula is C16H28N2O2S. The molecule has 0 aliphatic carbocycles. The lowest BCUT2D eigenvalue weighted by molar-refractivity contribution is -0.148. The Morgan fingerprint density at radius 1 is 1.14 bits per heavy atom. The predicted octanol–water partition coefficient (Wildman–Crippen LogP) is 2.38. The van der Waals surface area contributed by atoms with E-state index in [9.17, 15) is 9.59 Å². The first-order valence-electron chi connectivity index (χ1n) is 8.25. The first-order chi connectivity index (χ1) is 10.1. The number of carbonyl (C=O) groups is 2. The van der Waals surface area contributed by atoms with Crippen LogP contribution in [0.3, 0.4) is 0 Å². The minimum atomic E-state index is -0.235. The number of nitrogens with zero attached hydrogens (tertiary/aromatic N) is 2. The van der Waals surface area contributed by atoms with Gasteiger partial charge in [-0.25, -0.2) is 0 Å². The lowest BCUT2D eigenvalue weighted by Gasteiger charge is -2.37. The molecule has 0 bridgehead atoms. The molecule has 0 unspecified atom stereocenters. The SMILES string of the molecule is CC(C)C[C@@H](C(=O)N1CCCSCC1)N1CCCCC1=O. The van der Waals surface area contributed by atoms with Crippen molar-refractivity contribution in [1.82, 2.24) is 9.80 Å². The van der Waals surface area contributed by atoms with Gasteiger partial charge in [-0.15, -0.1) is 0 Å². The Labute approximate surface area is 132 Å². The second-order valence-electron chi connectivity index (χ2n) is 6.48. The van der Waals surface area contributed by atoms with E-state index in [-0.39, 0.29) is 17.9 Å². The van der Waals surface area contributed by atoms with Gasteiger partial charge >= 0.3 is 0 Å². The zero-order chi connectivity index (χ0) is 15.2. The molecule has 2 aliphatic heterocycles. The van der Waals surface area contributed by atoms with E-state index in [1.807, 2.05) is 21.6 Å². The van der Waals surface area contributed by atoms with Crippen molar-refractivity contribution < 1.29 is 9.59 Å². The topological polar surface area (TPSA) is 40.6 Å². The molecule has 2 rings (SSSR count). The Balaban J connectivity index is 2.09. The van der Waals surface area contributed by atoms with Crippen molar-refractivity contribution in [3.63, 3.8) is 0 Å².